The fraction of sp³-hybridized carbons (Fsp3) is 0.750. The number of carbonyl (C=O) groups excluding carboxylic acids is 1. The molecule has 0 spiro atoms. The topological polar surface area (TPSA) is 50.8 Å². The number of rotatable bonds is 1. The summed E-state index contributed by atoms with van der Waals surface area (Å²) in [7, 11) is 0. The minimum absolute atomic E-state index is 0.0269. The molecule has 5 nitrogen and oxygen atoms in total. The number of hydrogen-bond donors (Lipinski definition) is 1. The molecule has 2 saturated heterocycles. The molecule has 17 heavy (non-hydrogen) atoms. The molecule has 0 radical (unpaired) electrons. The van der Waals surface area contributed by atoms with Crippen molar-refractivity contribution in [1.29, 1.82) is 0 Å². The van der Waals surface area contributed by atoms with Crippen molar-refractivity contribution in [3.63, 3.8) is 0 Å². The SMILES string of the molecule is O=C(C1=COCCO1)N1C[C@@H]2CCCN[C@@H]2C1. The average molecular weight is 238 g/mol. The molecule has 3 heterocycles. The Morgan fingerprint density at radius 3 is 3.12 bits per heavy atom. The molecule has 5 heteroatoms. The van der Waals surface area contributed by atoms with E-state index in [-0.39, 0.29) is 5.91 Å². The Balaban J connectivity index is 1.65. The minimum Gasteiger partial charge on any atom is -0.494 e. The number of fused-ring (bicyclic) bond motifs is 1. The van der Waals surface area contributed by atoms with Crippen molar-refractivity contribution in [3.05, 3.63) is 12.0 Å². The monoisotopic (exact) mass is 238 g/mol. The van der Waals surface area contributed by atoms with Crippen LogP contribution in [0, 0.1) is 5.92 Å². The number of nitrogens with one attached hydrogen (secondary N) is 1. The van der Waals surface area contributed by atoms with E-state index in [9.17, 15) is 4.79 Å². The third-order valence-electron chi connectivity index (χ3n) is 3.75. The Morgan fingerprint density at radius 2 is 2.35 bits per heavy atom. The summed E-state index contributed by atoms with van der Waals surface area (Å²) in [6.07, 6.45) is 3.88. The molecule has 0 saturated carbocycles. The lowest BCUT2D eigenvalue weighted by molar-refractivity contribution is -0.131. The molecule has 94 valence electrons. The highest BCUT2D eigenvalue weighted by atomic mass is 16.6. The van der Waals surface area contributed by atoms with E-state index in [1.807, 2.05) is 4.90 Å². The van der Waals surface area contributed by atoms with Crippen LogP contribution in [0.25, 0.3) is 0 Å². The molecule has 0 aromatic carbocycles. The predicted octanol–water partition coefficient (Wildman–Crippen LogP) is 0.0850. The standard InChI is InChI=1S/C12H18N2O3/c15-12(11-8-16-4-5-17-11)14-6-9-2-1-3-13-10(9)7-14/h8-10,13H,1-7H2/t9-,10+/m0/s1. The molecular formula is C12H18N2O3. The molecule has 1 N–H and O–H groups in total. The third kappa shape index (κ3) is 2.11. The summed E-state index contributed by atoms with van der Waals surface area (Å²) < 4.78 is 10.5. The summed E-state index contributed by atoms with van der Waals surface area (Å²) in [6.45, 7) is 3.72. The largest absolute Gasteiger partial charge is 0.494 e. The highest BCUT2D eigenvalue weighted by Gasteiger charge is 2.37. The zero-order valence-corrected chi connectivity index (χ0v) is 9.85. The van der Waals surface area contributed by atoms with Crippen LogP contribution in [0.4, 0.5) is 0 Å². The van der Waals surface area contributed by atoms with E-state index in [0.29, 0.717) is 30.9 Å². The van der Waals surface area contributed by atoms with Gasteiger partial charge in [0.2, 0.25) is 5.76 Å². The van der Waals surface area contributed by atoms with Crippen molar-refractivity contribution in [2.45, 2.75) is 18.9 Å². The molecular weight excluding hydrogens is 220 g/mol. The molecule has 0 bridgehead atoms. The molecule has 3 aliphatic heterocycles. The zero-order valence-electron chi connectivity index (χ0n) is 9.85. The number of amides is 1. The number of ether oxygens (including phenoxy) is 2. The van der Waals surface area contributed by atoms with Crippen molar-refractivity contribution >= 4 is 5.91 Å². The van der Waals surface area contributed by atoms with Crippen LogP contribution in [0.15, 0.2) is 12.0 Å². The first kappa shape index (κ1) is 10.9. The molecule has 2 fully saturated rings. The van der Waals surface area contributed by atoms with E-state index >= 15 is 0 Å². The Morgan fingerprint density at radius 1 is 1.41 bits per heavy atom. The van der Waals surface area contributed by atoms with Gasteiger partial charge in [-0.25, -0.2) is 0 Å². The van der Waals surface area contributed by atoms with E-state index in [2.05, 4.69) is 5.32 Å². The number of carbonyl (C=O) groups is 1. The molecule has 0 unspecified atom stereocenters. The maximum absolute atomic E-state index is 12.2. The van der Waals surface area contributed by atoms with Crippen LogP contribution >= 0.6 is 0 Å². The molecule has 2 atom stereocenters. The van der Waals surface area contributed by atoms with Gasteiger partial charge >= 0.3 is 0 Å². The van der Waals surface area contributed by atoms with Crippen LogP contribution < -0.4 is 5.32 Å². The van der Waals surface area contributed by atoms with Crippen LogP contribution in [0.1, 0.15) is 12.8 Å². The van der Waals surface area contributed by atoms with Gasteiger partial charge in [0.15, 0.2) is 0 Å². The Bertz CT molecular complexity index is 329. The normalized spacial score (nSPS) is 32.2. The minimum atomic E-state index is -0.0269. The number of hydrogen-bond acceptors (Lipinski definition) is 4. The van der Waals surface area contributed by atoms with Gasteiger partial charge < -0.3 is 19.7 Å². The fourth-order valence-electron chi connectivity index (χ4n) is 2.85. The quantitative estimate of drug-likeness (QED) is 0.703. The fourth-order valence-corrected chi connectivity index (χ4v) is 2.85. The lowest BCUT2D eigenvalue weighted by atomic mass is 9.94. The lowest BCUT2D eigenvalue weighted by Crippen LogP contribution is -2.41. The van der Waals surface area contributed by atoms with E-state index in [0.717, 1.165) is 19.6 Å². The Labute approximate surface area is 101 Å². The van der Waals surface area contributed by atoms with Gasteiger partial charge in [0.25, 0.3) is 5.91 Å². The summed E-state index contributed by atoms with van der Waals surface area (Å²) in [6, 6.07) is 0.470. The van der Waals surface area contributed by atoms with Crippen molar-refractivity contribution in [3.8, 4) is 0 Å². The zero-order chi connectivity index (χ0) is 11.7. The molecule has 3 rings (SSSR count). The highest BCUT2D eigenvalue weighted by molar-refractivity contribution is 5.91. The summed E-state index contributed by atoms with van der Waals surface area (Å²) in [5.74, 6) is 0.939. The second-order valence-corrected chi connectivity index (χ2v) is 4.87. The summed E-state index contributed by atoms with van der Waals surface area (Å²) in [5, 5.41) is 3.48. The second kappa shape index (κ2) is 4.56. The first-order chi connectivity index (χ1) is 8.34. The van der Waals surface area contributed by atoms with Gasteiger partial charge in [0.05, 0.1) is 0 Å². The van der Waals surface area contributed by atoms with Crippen LogP contribution in [0.2, 0.25) is 0 Å². The van der Waals surface area contributed by atoms with Gasteiger partial charge in [-0.1, -0.05) is 0 Å². The Hall–Kier alpha value is -1.23. The van der Waals surface area contributed by atoms with Crippen LogP contribution in [-0.4, -0.2) is 49.7 Å². The van der Waals surface area contributed by atoms with Crippen LogP contribution in [0.5, 0.6) is 0 Å². The summed E-state index contributed by atoms with van der Waals surface area (Å²) >= 11 is 0. The Kier molecular flexibility index (Phi) is 2.93. The lowest BCUT2D eigenvalue weighted by Gasteiger charge is -2.24. The van der Waals surface area contributed by atoms with Gasteiger partial charge in [-0.15, -0.1) is 0 Å². The highest BCUT2D eigenvalue weighted by Crippen LogP contribution is 2.26. The first-order valence-electron chi connectivity index (χ1n) is 6.32. The van der Waals surface area contributed by atoms with Crippen molar-refractivity contribution in [2.75, 3.05) is 32.8 Å². The van der Waals surface area contributed by atoms with Crippen molar-refractivity contribution in [2.24, 2.45) is 5.92 Å². The summed E-state index contributed by atoms with van der Waals surface area (Å²) in [4.78, 5) is 14.1. The van der Waals surface area contributed by atoms with Crippen LogP contribution in [0.3, 0.4) is 0 Å². The van der Waals surface area contributed by atoms with E-state index < -0.39 is 0 Å². The van der Waals surface area contributed by atoms with E-state index in [1.54, 1.807) is 0 Å². The predicted molar refractivity (Wildman–Crippen MR) is 61.1 cm³/mol. The van der Waals surface area contributed by atoms with Crippen molar-refractivity contribution < 1.29 is 14.3 Å². The van der Waals surface area contributed by atoms with Gasteiger partial charge in [0, 0.05) is 19.1 Å². The second-order valence-electron chi connectivity index (χ2n) is 4.87. The number of likely N-dealkylation sites (tertiary alicyclic amines) is 1. The third-order valence-corrected chi connectivity index (χ3v) is 3.75. The number of piperidine rings is 1. The smallest absolute Gasteiger partial charge is 0.292 e. The van der Waals surface area contributed by atoms with Gasteiger partial charge in [-0.2, -0.15) is 0 Å². The molecule has 0 aliphatic carbocycles. The molecule has 3 aliphatic rings. The summed E-state index contributed by atoms with van der Waals surface area (Å²) in [5.41, 5.74) is 0. The van der Waals surface area contributed by atoms with E-state index in [4.69, 9.17) is 9.47 Å². The molecule has 0 aromatic rings. The molecule has 1 amide bonds. The van der Waals surface area contributed by atoms with Gasteiger partial charge in [-0.05, 0) is 25.3 Å². The van der Waals surface area contributed by atoms with Crippen molar-refractivity contribution in [1.82, 2.24) is 10.2 Å². The van der Waals surface area contributed by atoms with Gasteiger partial charge in [0.1, 0.15) is 19.5 Å². The first-order valence-corrected chi connectivity index (χ1v) is 6.32. The maximum atomic E-state index is 12.2. The number of nitrogens with zero attached hydrogens (tertiary/aromatic N) is 1. The average Bonchev–Trinajstić information content (AvgIpc) is 2.82. The van der Waals surface area contributed by atoms with Crippen LogP contribution in [-0.2, 0) is 14.3 Å². The van der Waals surface area contributed by atoms with Gasteiger partial charge in [-0.3, -0.25) is 4.79 Å². The maximum Gasteiger partial charge on any atom is 0.292 e. The molecule has 0 aromatic heterocycles. The van der Waals surface area contributed by atoms with E-state index in [1.165, 1.54) is 19.1 Å².